The molecule has 0 aliphatic carbocycles. The van der Waals surface area contributed by atoms with Gasteiger partial charge in [-0.1, -0.05) is 12.7 Å². The maximum absolute atomic E-state index is 12.4. The van der Waals surface area contributed by atoms with Crippen LogP contribution < -0.4 is 10.9 Å². The van der Waals surface area contributed by atoms with Gasteiger partial charge in [-0.2, -0.15) is 10.2 Å². The fourth-order valence-electron chi connectivity index (χ4n) is 2.26. The van der Waals surface area contributed by atoms with Gasteiger partial charge in [-0.15, -0.1) is 0 Å². The first kappa shape index (κ1) is 21.3. The fraction of sp³-hybridized carbons (Fsp3) is 0.150. The van der Waals surface area contributed by atoms with Gasteiger partial charge in [-0.05, 0) is 38.1 Å². The molecule has 2 aromatic heterocycles. The molecule has 0 saturated heterocycles. The Hall–Kier alpha value is -4.01. The van der Waals surface area contributed by atoms with Gasteiger partial charge in [0.15, 0.2) is 0 Å². The number of furan rings is 1. The number of aryl methyl sites for hydroxylation is 2. The van der Waals surface area contributed by atoms with Gasteiger partial charge in [0.25, 0.3) is 11.8 Å². The van der Waals surface area contributed by atoms with Crippen molar-refractivity contribution in [3.05, 3.63) is 77.2 Å². The summed E-state index contributed by atoms with van der Waals surface area (Å²) in [5, 5.41) is 7.65. The first-order valence-electron chi connectivity index (χ1n) is 8.51. The van der Waals surface area contributed by atoms with E-state index >= 15 is 0 Å². The summed E-state index contributed by atoms with van der Waals surface area (Å²) >= 11 is 0. The van der Waals surface area contributed by atoms with E-state index in [0.29, 0.717) is 22.9 Å². The summed E-state index contributed by atoms with van der Waals surface area (Å²) in [5.74, 6) is -0.129. The van der Waals surface area contributed by atoms with Crippen LogP contribution in [0.1, 0.15) is 37.9 Å². The topological polar surface area (TPSA) is 118 Å². The number of carbonyl (C=O) groups is 2. The maximum Gasteiger partial charge on any atom is 0.273 e. The van der Waals surface area contributed by atoms with Crippen LogP contribution in [-0.4, -0.2) is 36.3 Å². The maximum atomic E-state index is 12.4. The Labute approximate surface area is 167 Å². The van der Waals surface area contributed by atoms with E-state index in [0.717, 1.165) is 0 Å². The van der Waals surface area contributed by atoms with Crippen LogP contribution in [-0.2, 0) is 4.74 Å². The normalized spacial score (nSPS) is 11.6. The molecule has 2 N–H and O–H groups in total. The summed E-state index contributed by atoms with van der Waals surface area (Å²) in [5.41, 5.74) is 6.09. The van der Waals surface area contributed by atoms with Crippen molar-refractivity contribution in [2.75, 3.05) is 7.11 Å². The molecule has 0 aliphatic rings. The number of methoxy groups -OCH3 is 1. The molecule has 0 radical (unpaired) electrons. The van der Waals surface area contributed by atoms with Crippen LogP contribution in [0.15, 0.2) is 63.6 Å². The molecule has 9 nitrogen and oxygen atoms in total. The molecule has 0 aliphatic heterocycles. The predicted octanol–water partition coefficient (Wildman–Crippen LogP) is 2.49. The molecule has 150 valence electrons. The molecule has 2 amide bonds. The van der Waals surface area contributed by atoms with Crippen molar-refractivity contribution in [1.29, 1.82) is 0 Å². The Balaban J connectivity index is 2.14. The number of pyridine rings is 1. The number of hydrazone groups is 2. The quantitative estimate of drug-likeness (QED) is 0.308. The highest BCUT2D eigenvalue weighted by molar-refractivity contribution is 6.01. The first-order valence-corrected chi connectivity index (χ1v) is 8.51. The number of carbonyl (C=O) groups excluding carboxylic acids is 2. The number of aromatic nitrogens is 1. The smallest absolute Gasteiger partial charge is 0.273 e. The van der Waals surface area contributed by atoms with E-state index in [4.69, 9.17) is 9.15 Å². The molecular weight excluding hydrogens is 374 g/mol. The van der Waals surface area contributed by atoms with Gasteiger partial charge in [0, 0.05) is 0 Å². The monoisotopic (exact) mass is 395 g/mol. The number of ether oxygens (including phenoxy) is 1. The van der Waals surface area contributed by atoms with Crippen molar-refractivity contribution in [2.45, 2.75) is 13.8 Å². The van der Waals surface area contributed by atoms with Crippen LogP contribution in [0, 0.1) is 13.8 Å². The zero-order chi connectivity index (χ0) is 21.2. The number of amides is 2. The molecule has 0 unspecified atom stereocenters. The second-order valence-electron chi connectivity index (χ2n) is 5.68. The first-order chi connectivity index (χ1) is 14.0. The lowest BCUT2D eigenvalue weighted by atomic mass is 10.1. The predicted molar refractivity (Wildman–Crippen MR) is 109 cm³/mol. The van der Waals surface area contributed by atoms with Crippen LogP contribution in [0.3, 0.4) is 0 Å². The summed E-state index contributed by atoms with van der Waals surface area (Å²) in [4.78, 5) is 29.1. The largest absolute Gasteiger partial charge is 0.495 e. The highest BCUT2D eigenvalue weighted by Crippen LogP contribution is 2.13. The second-order valence-corrected chi connectivity index (χ2v) is 5.68. The third kappa shape index (κ3) is 5.99. The minimum atomic E-state index is -0.520. The van der Waals surface area contributed by atoms with Gasteiger partial charge >= 0.3 is 0 Å². The Morgan fingerprint density at radius 1 is 1.17 bits per heavy atom. The van der Waals surface area contributed by atoms with Gasteiger partial charge in [0.2, 0.25) is 0 Å². The molecule has 29 heavy (non-hydrogen) atoms. The van der Waals surface area contributed by atoms with Crippen molar-refractivity contribution in [2.24, 2.45) is 10.2 Å². The van der Waals surface area contributed by atoms with E-state index in [1.165, 1.54) is 37.9 Å². The molecule has 0 saturated carbocycles. The number of hydrogen-bond donors (Lipinski definition) is 2. The van der Waals surface area contributed by atoms with Crippen molar-refractivity contribution >= 4 is 24.2 Å². The molecular formula is C20H21N5O4. The average Bonchev–Trinajstić information content (AvgIpc) is 3.20. The average molecular weight is 395 g/mol. The highest BCUT2D eigenvalue weighted by atomic mass is 16.5. The van der Waals surface area contributed by atoms with Gasteiger partial charge in [0.05, 0.1) is 48.3 Å². The van der Waals surface area contributed by atoms with E-state index in [2.05, 4.69) is 32.6 Å². The molecule has 2 aromatic rings. The Morgan fingerprint density at radius 2 is 1.83 bits per heavy atom. The van der Waals surface area contributed by atoms with Gasteiger partial charge in [0.1, 0.15) is 11.5 Å². The van der Waals surface area contributed by atoms with Crippen molar-refractivity contribution in [1.82, 2.24) is 15.8 Å². The Kier molecular flexibility index (Phi) is 7.60. The highest BCUT2D eigenvalue weighted by Gasteiger charge is 2.17. The second kappa shape index (κ2) is 10.4. The summed E-state index contributed by atoms with van der Waals surface area (Å²) in [6, 6.07) is 4.83. The summed E-state index contributed by atoms with van der Waals surface area (Å²) in [7, 11) is 1.47. The minimum Gasteiger partial charge on any atom is -0.495 e. The fourth-order valence-corrected chi connectivity index (χ4v) is 2.26. The molecule has 9 heteroatoms. The van der Waals surface area contributed by atoms with Crippen molar-refractivity contribution in [3.8, 4) is 0 Å². The molecule has 0 bridgehead atoms. The number of hydrogen-bond acceptors (Lipinski definition) is 7. The van der Waals surface area contributed by atoms with Crippen molar-refractivity contribution in [3.63, 3.8) is 0 Å². The third-order valence-electron chi connectivity index (χ3n) is 3.67. The lowest BCUT2D eigenvalue weighted by Gasteiger charge is -2.09. The van der Waals surface area contributed by atoms with E-state index in [1.54, 1.807) is 32.1 Å². The Morgan fingerprint density at radius 3 is 2.38 bits per heavy atom. The molecule has 2 heterocycles. The number of nitrogens with one attached hydrogen (secondary N) is 2. The van der Waals surface area contributed by atoms with Gasteiger partial charge < -0.3 is 9.15 Å². The molecule has 0 aromatic carbocycles. The van der Waals surface area contributed by atoms with E-state index in [-0.39, 0.29) is 11.1 Å². The standard InChI is InChI=1S/C20H21N5O4/c1-5-7-15(28-4)11-21-24-19(26)17-10-18(14(3)23-13(17)2)20(27)25-22-12-16-8-6-9-29-16/h5-12H,1H2,2-4H3,(H,24,26)(H,25,27)/b15-7-,21-11+,22-12+. The lowest BCUT2D eigenvalue weighted by Crippen LogP contribution is -2.23. The third-order valence-corrected chi connectivity index (χ3v) is 3.67. The molecule has 0 fully saturated rings. The Bertz CT molecular complexity index is 975. The molecule has 0 atom stereocenters. The summed E-state index contributed by atoms with van der Waals surface area (Å²) in [6.07, 6.45) is 7.29. The zero-order valence-electron chi connectivity index (χ0n) is 16.3. The van der Waals surface area contributed by atoms with Crippen LogP contribution in [0.25, 0.3) is 0 Å². The molecule has 0 spiro atoms. The number of rotatable bonds is 8. The summed E-state index contributed by atoms with van der Waals surface area (Å²) in [6.45, 7) is 6.89. The van der Waals surface area contributed by atoms with Crippen LogP contribution in [0.2, 0.25) is 0 Å². The lowest BCUT2D eigenvalue weighted by molar-refractivity contribution is 0.0954. The van der Waals surface area contributed by atoms with E-state index in [9.17, 15) is 9.59 Å². The molecule has 2 rings (SSSR count). The van der Waals surface area contributed by atoms with Gasteiger partial charge in [-0.3, -0.25) is 14.6 Å². The zero-order valence-corrected chi connectivity index (χ0v) is 16.3. The number of nitrogens with zero attached hydrogens (tertiary/aromatic N) is 3. The van der Waals surface area contributed by atoms with Gasteiger partial charge in [-0.25, -0.2) is 10.9 Å². The van der Waals surface area contributed by atoms with E-state index in [1.807, 2.05) is 0 Å². The van der Waals surface area contributed by atoms with Crippen LogP contribution in [0.5, 0.6) is 0 Å². The van der Waals surface area contributed by atoms with Crippen LogP contribution in [0.4, 0.5) is 0 Å². The minimum absolute atomic E-state index is 0.208. The van der Waals surface area contributed by atoms with Crippen molar-refractivity contribution < 1.29 is 18.7 Å². The van der Waals surface area contributed by atoms with E-state index < -0.39 is 11.8 Å². The number of allylic oxidation sites excluding steroid dienone is 3. The summed E-state index contributed by atoms with van der Waals surface area (Å²) < 4.78 is 10.1. The SMILES string of the molecule is C=C/C=C(/C=N/NC(=O)c1cc(C(=O)N/N=C/c2ccco2)c(C)nc1C)OC. The van der Waals surface area contributed by atoms with Crippen LogP contribution >= 0.6 is 0 Å².